The maximum atomic E-state index is 12.3. The van der Waals surface area contributed by atoms with Gasteiger partial charge in [0.2, 0.25) is 11.8 Å². The summed E-state index contributed by atoms with van der Waals surface area (Å²) in [6, 6.07) is 0.112. The molecule has 2 heterocycles. The summed E-state index contributed by atoms with van der Waals surface area (Å²) in [6.07, 6.45) is 5.00. The van der Waals surface area contributed by atoms with Gasteiger partial charge >= 0.3 is 0 Å². The average Bonchev–Trinajstić information content (AvgIpc) is 2.79. The van der Waals surface area contributed by atoms with Crippen LogP contribution in [0.4, 0.5) is 0 Å². The summed E-state index contributed by atoms with van der Waals surface area (Å²) >= 11 is 0. The molecular weight excluding hydrogens is 266 g/mol. The van der Waals surface area contributed by atoms with Crippen LogP contribution in [-0.2, 0) is 9.59 Å². The summed E-state index contributed by atoms with van der Waals surface area (Å²) in [5.41, 5.74) is 0. The number of imide groups is 1. The minimum Gasteiger partial charge on any atom is -0.304 e. The van der Waals surface area contributed by atoms with Gasteiger partial charge in [-0.2, -0.15) is 0 Å². The van der Waals surface area contributed by atoms with Crippen molar-refractivity contribution in [1.82, 2.24) is 15.1 Å². The molecule has 5 nitrogen and oxygen atoms in total. The second-order valence-corrected chi connectivity index (χ2v) is 6.47. The van der Waals surface area contributed by atoms with E-state index in [0.29, 0.717) is 12.5 Å². The Morgan fingerprint density at radius 3 is 2.43 bits per heavy atom. The van der Waals surface area contributed by atoms with Crippen LogP contribution in [0.5, 0.6) is 0 Å². The molecule has 5 heteroatoms. The first kappa shape index (κ1) is 16.4. The Morgan fingerprint density at radius 2 is 1.81 bits per heavy atom. The monoisotopic (exact) mass is 295 g/mol. The molecule has 0 aliphatic carbocycles. The molecule has 0 bridgehead atoms. The molecule has 0 aromatic heterocycles. The van der Waals surface area contributed by atoms with Gasteiger partial charge in [-0.1, -0.05) is 13.3 Å². The number of piperidine rings is 1. The van der Waals surface area contributed by atoms with Crippen molar-refractivity contribution in [3.63, 3.8) is 0 Å². The van der Waals surface area contributed by atoms with Crippen LogP contribution in [0.25, 0.3) is 0 Å². The predicted molar refractivity (Wildman–Crippen MR) is 82.9 cm³/mol. The second-order valence-electron chi connectivity index (χ2n) is 6.47. The van der Waals surface area contributed by atoms with Gasteiger partial charge < -0.3 is 5.32 Å². The van der Waals surface area contributed by atoms with E-state index in [2.05, 4.69) is 17.1 Å². The minimum absolute atomic E-state index is 0.0105. The molecule has 0 aromatic rings. The van der Waals surface area contributed by atoms with Gasteiger partial charge in [0.25, 0.3) is 0 Å². The Bertz CT molecular complexity index is 380. The van der Waals surface area contributed by atoms with Crippen LogP contribution in [0.2, 0.25) is 0 Å². The topological polar surface area (TPSA) is 52.7 Å². The third kappa shape index (κ3) is 3.83. The standard InChI is InChI=1S/C16H29N3O2/c1-4-12(2)19-15(20)10-14(16(19)21)17-11-13(3)18-8-6-5-7-9-18/h12-14,17H,4-11H2,1-3H3. The highest BCUT2D eigenvalue weighted by atomic mass is 16.2. The van der Waals surface area contributed by atoms with E-state index in [-0.39, 0.29) is 23.9 Å². The van der Waals surface area contributed by atoms with Crippen molar-refractivity contribution in [1.29, 1.82) is 0 Å². The Kier molecular flexibility index (Phi) is 5.76. The van der Waals surface area contributed by atoms with Crippen molar-refractivity contribution in [3.05, 3.63) is 0 Å². The van der Waals surface area contributed by atoms with Crippen LogP contribution < -0.4 is 5.32 Å². The lowest BCUT2D eigenvalue weighted by atomic mass is 10.1. The van der Waals surface area contributed by atoms with Gasteiger partial charge in [-0.05, 0) is 46.2 Å². The van der Waals surface area contributed by atoms with Gasteiger partial charge in [-0.15, -0.1) is 0 Å². The molecule has 0 spiro atoms. The molecule has 21 heavy (non-hydrogen) atoms. The molecule has 0 aromatic carbocycles. The summed E-state index contributed by atoms with van der Waals surface area (Å²) in [4.78, 5) is 28.3. The Balaban J connectivity index is 1.83. The van der Waals surface area contributed by atoms with Crippen LogP contribution in [0, 0.1) is 0 Å². The van der Waals surface area contributed by atoms with Crippen LogP contribution in [0.3, 0.4) is 0 Å². The Hall–Kier alpha value is -0.940. The molecule has 0 radical (unpaired) electrons. The highest BCUT2D eigenvalue weighted by Crippen LogP contribution is 2.18. The molecule has 2 rings (SSSR count). The highest BCUT2D eigenvalue weighted by molar-refractivity contribution is 6.05. The molecular formula is C16H29N3O2. The summed E-state index contributed by atoms with van der Waals surface area (Å²) < 4.78 is 0. The number of rotatable bonds is 6. The number of nitrogens with one attached hydrogen (secondary N) is 1. The Morgan fingerprint density at radius 1 is 1.14 bits per heavy atom. The van der Waals surface area contributed by atoms with Gasteiger partial charge in [-0.25, -0.2) is 0 Å². The van der Waals surface area contributed by atoms with Gasteiger partial charge in [-0.3, -0.25) is 19.4 Å². The molecule has 0 saturated carbocycles. The molecule has 120 valence electrons. The lowest BCUT2D eigenvalue weighted by molar-refractivity contribution is -0.141. The predicted octanol–water partition coefficient (Wildman–Crippen LogP) is 1.38. The maximum Gasteiger partial charge on any atom is 0.247 e. The normalized spacial score (nSPS) is 27.2. The first-order valence-electron chi connectivity index (χ1n) is 8.38. The van der Waals surface area contributed by atoms with Crippen LogP contribution in [0.15, 0.2) is 0 Å². The van der Waals surface area contributed by atoms with Crippen molar-refractivity contribution >= 4 is 11.8 Å². The number of hydrogen-bond acceptors (Lipinski definition) is 4. The number of nitrogens with zero attached hydrogens (tertiary/aromatic N) is 2. The van der Waals surface area contributed by atoms with Crippen molar-refractivity contribution in [2.24, 2.45) is 0 Å². The first-order valence-corrected chi connectivity index (χ1v) is 8.38. The largest absolute Gasteiger partial charge is 0.304 e. The zero-order valence-electron chi connectivity index (χ0n) is 13.6. The first-order chi connectivity index (χ1) is 10.0. The van der Waals surface area contributed by atoms with Gasteiger partial charge in [0.1, 0.15) is 0 Å². The van der Waals surface area contributed by atoms with Crippen LogP contribution in [-0.4, -0.2) is 59.4 Å². The molecule has 3 unspecified atom stereocenters. The number of likely N-dealkylation sites (tertiary alicyclic amines) is 2. The number of amides is 2. The molecule has 1 N–H and O–H groups in total. The van der Waals surface area contributed by atoms with Gasteiger partial charge in [0, 0.05) is 18.6 Å². The summed E-state index contributed by atoms with van der Waals surface area (Å²) in [5.74, 6) is -0.0716. The van der Waals surface area contributed by atoms with Crippen molar-refractivity contribution < 1.29 is 9.59 Å². The lowest BCUT2D eigenvalue weighted by Gasteiger charge is -2.33. The highest BCUT2D eigenvalue weighted by Gasteiger charge is 2.40. The number of carbonyl (C=O) groups is 2. The molecule has 2 fully saturated rings. The zero-order valence-corrected chi connectivity index (χ0v) is 13.6. The fourth-order valence-corrected chi connectivity index (χ4v) is 3.26. The van der Waals surface area contributed by atoms with Gasteiger partial charge in [0.05, 0.1) is 12.5 Å². The molecule has 2 amide bonds. The number of hydrogen-bond donors (Lipinski definition) is 1. The van der Waals surface area contributed by atoms with E-state index in [9.17, 15) is 9.59 Å². The fourth-order valence-electron chi connectivity index (χ4n) is 3.26. The minimum atomic E-state index is -0.321. The molecule has 2 aliphatic rings. The zero-order chi connectivity index (χ0) is 15.4. The van der Waals surface area contributed by atoms with Crippen LogP contribution >= 0.6 is 0 Å². The molecule has 2 saturated heterocycles. The lowest BCUT2D eigenvalue weighted by Crippen LogP contribution is -2.48. The fraction of sp³-hybridized carbons (Fsp3) is 0.875. The quantitative estimate of drug-likeness (QED) is 0.752. The van der Waals surface area contributed by atoms with Crippen molar-refractivity contribution in [2.45, 2.75) is 71.0 Å². The van der Waals surface area contributed by atoms with E-state index in [0.717, 1.165) is 26.1 Å². The Labute approximate surface area is 128 Å². The molecule has 3 atom stereocenters. The van der Waals surface area contributed by atoms with E-state index >= 15 is 0 Å². The van der Waals surface area contributed by atoms with E-state index < -0.39 is 0 Å². The van der Waals surface area contributed by atoms with E-state index in [1.165, 1.54) is 24.2 Å². The third-order valence-electron chi connectivity index (χ3n) is 4.89. The molecule has 2 aliphatic heterocycles. The average molecular weight is 295 g/mol. The SMILES string of the molecule is CCC(C)N1C(=O)CC(NCC(C)N2CCCCC2)C1=O. The second kappa shape index (κ2) is 7.36. The summed E-state index contributed by atoms with van der Waals surface area (Å²) in [7, 11) is 0. The van der Waals surface area contributed by atoms with E-state index in [1.807, 2.05) is 13.8 Å². The smallest absolute Gasteiger partial charge is 0.247 e. The van der Waals surface area contributed by atoms with E-state index in [4.69, 9.17) is 0 Å². The van der Waals surface area contributed by atoms with Gasteiger partial charge in [0.15, 0.2) is 0 Å². The summed E-state index contributed by atoms with van der Waals surface area (Å²) in [5, 5.41) is 3.31. The third-order valence-corrected chi connectivity index (χ3v) is 4.89. The van der Waals surface area contributed by atoms with Crippen LogP contribution in [0.1, 0.15) is 52.9 Å². The number of carbonyl (C=O) groups excluding carboxylic acids is 2. The summed E-state index contributed by atoms with van der Waals surface area (Å²) in [6.45, 7) is 9.22. The maximum absolute atomic E-state index is 12.3. The van der Waals surface area contributed by atoms with Crippen molar-refractivity contribution in [2.75, 3.05) is 19.6 Å². The van der Waals surface area contributed by atoms with E-state index in [1.54, 1.807) is 0 Å². The van der Waals surface area contributed by atoms with Crippen molar-refractivity contribution in [3.8, 4) is 0 Å².